The van der Waals surface area contributed by atoms with Crippen LogP contribution in [0.3, 0.4) is 0 Å². The summed E-state index contributed by atoms with van der Waals surface area (Å²) in [7, 11) is 1.59. The SMILES string of the molecule is COc1cccc(-n2nnc(C(=O)Nc3nc(-c4ccc(C(C)NC(C)=O)cc4)cs3)c2C)c1. The van der Waals surface area contributed by atoms with Gasteiger partial charge in [-0.2, -0.15) is 0 Å². The summed E-state index contributed by atoms with van der Waals surface area (Å²) in [5.74, 6) is 0.230. The largest absolute Gasteiger partial charge is 0.497 e. The van der Waals surface area contributed by atoms with Crippen LogP contribution in [0.5, 0.6) is 5.75 Å². The normalized spacial score (nSPS) is 11.6. The smallest absolute Gasteiger partial charge is 0.279 e. The van der Waals surface area contributed by atoms with E-state index >= 15 is 0 Å². The molecule has 0 aliphatic rings. The third-order valence-corrected chi connectivity index (χ3v) is 6.02. The molecular formula is C24H24N6O3S. The second-order valence-electron chi connectivity index (χ2n) is 7.67. The number of methoxy groups -OCH3 is 1. The summed E-state index contributed by atoms with van der Waals surface area (Å²) >= 11 is 1.33. The van der Waals surface area contributed by atoms with Gasteiger partial charge < -0.3 is 10.1 Å². The van der Waals surface area contributed by atoms with Gasteiger partial charge in [0.05, 0.1) is 30.2 Å². The van der Waals surface area contributed by atoms with Gasteiger partial charge in [0.15, 0.2) is 10.8 Å². The maximum absolute atomic E-state index is 12.8. The molecule has 0 saturated heterocycles. The molecule has 4 rings (SSSR count). The maximum atomic E-state index is 12.8. The molecule has 0 aliphatic carbocycles. The molecule has 0 radical (unpaired) electrons. The number of hydrogen-bond donors (Lipinski definition) is 2. The van der Waals surface area contributed by atoms with Crippen LogP contribution in [0.15, 0.2) is 53.9 Å². The van der Waals surface area contributed by atoms with Crippen LogP contribution in [-0.4, -0.2) is 38.9 Å². The van der Waals surface area contributed by atoms with E-state index in [1.807, 2.05) is 60.8 Å². The molecule has 0 saturated carbocycles. The topological polar surface area (TPSA) is 111 Å². The first kappa shape index (κ1) is 23.1. The number of anilines is 1. The predicted octanol–water partition coefficient (Wildman–Crippen LogP) is 4.16. The Morgan fingerprint density at radius 3 is 2.62 bits per heavy atom. The minimum Gasteiger partial charge on any atom is -0.497 e. The molecule has 0 aliphatic heterocycles. The Morgan fingerprint density at radius 1 is 1.15 bits per heavy atom. The molecular weight excluding hydrogens is 452 g/mol. The molecule has 1 atom stereocenters. The Morgan fingerprint density at radius 2 is 1.91 bits per heavy atom. The molecule has 4 aromatic rings. The van der Waals surface area contributed by atoms with Crippen molar-refractivity contribution in [3.63, 3.8) is 0 Å². The number of carbonyl (C=O) groups is 2. The van der Waals surface area contributed by atoms with Crippen molar-refractivity contribution in [2.75, 3.05) is 12.4 Å². The van der Waals surface area contributed by atoms with Crippen molar-refractivity contribution in [3.8, 4) is 22.7 Å². The lowest BCUT2D eigenvalue weighted by Crippen LogP contribution is -2.23. The molecule has 1 unspecified atom stereocenters. The first-order valence-corrected chi connectivity index (χ1v) is 11.4. The van der Waals surface area contributed by atoms with Gasteiger partial charge in [0, 0.05) is 23.9 Å². The van der Waals surface area contributed by atoms with Gasteiger partial charge in [-0.15, -0.1) is 16.4 Å². The van der Waals surface area contributed by atoms with E-state index in [1.165, 1.54) is 18.3 Å². The highest BCUT2D eigenvalue weighted by Crippen LogP contribution is 2.27. The number of nitrogens with one attached hydrogen (secondary N) is 2. The maximum Gasteiger partial charge on any atom is 0.279 e. The van der Waals surface area contributed by atoms with Crippen molar-refractivity contribution in [3.05, 3.63) is 70.9 Å². The monoisotopic (exact) mass is 476 g/mol. The van der Waals surface area contributed by atoms with E-state index in [9.17, 15) is 9.59 Å². The average Bonchev–Trinajstić information content (AvgIpc) is 3.45. The lowest BCUT2D eigenvalue weighted by Gasteiger charge is -2.12. The summed E-state index contributed by atoms with van der Waals surface area (Å²) in [4.78, 5) is 28.6. The summed E-state index contributed by atoms with van der Waals surface area (Å²) in [5, 5.41) is 16.2. The third-order valence-electron chi connectivity index (χ3n) is 5.26. The summed E-state index contributed by atoms with van der Waals surface area (Å²) in [6, 6.07) is 15.1. The van der Waals surface area contributed by atoms with Crippen LogP contribution in [-0.2, 0) is 4.79 Å². The summed E-state index contributed by atoms with van der Waals surface area (Å²) in [6.07, 6.45) is 0. The van der Waals surface area contributed by atoms with Crippen LogP contribution in [0.4, 0.5) is 5.13 Å². The van der Waals surface area contributed by atoms with Gasteiger partial charge in [0.1, 0.15) is 5.75 Å². The highest BCUT2D eigenvalue weighted by atomic mass is 32.1. The summed E-state index contributed by atoms with van der Waals surface area (Å²) < 4.78 is 6.85. The lowest BCUT2D eigenvalue weighted by molar-refractivity contribution is -0.119. The van der Waals surface area contributed by atoms with E-state index in [0.717, 1.165) is 22.5 Å². The van der Waals surface area contributed by atoms with Crippen molar-refractivity contribution in [2.45, 2.75) is 26.8 Å². The van der Waals surface area contributed by atoms with Gasteiger partial charge in [-0.25, -0.2) is 9.67 Å². The van der Waals surface area contributed by atoms with E-state index in [4.69, 9.17) is 4.74 Å². The van der Waals surface area contributed by atoms with Crippen LogP contribution in [0.25, 0.3) is 16.9 Å². The third kappa shape index (κ3) is 4.96. The number of thiazole rings is 1. The van der Waals surface area contributed by atoms with Gasteiger partial charge in [-0.05, 0) is 31.5 Å². The van der Waals surface area contributed by atoms with Crippen LogP contribution in [0.2, 0.25) is 0 Å². The minimum absolute atomic E-state index is 0.0739. The van der Waals surface area contributed by atoms with Gasteiger partial charge in [-0.3, -0.25) is 14.9 Å². The van der Waals surface area contributed by atoms with Gasteiger partial charge in [-0.1, -0.05) is 35.5 Å². The van der Waals surface area contributed by atoms with E-state index in [-0.39, 0.29) is 23.6 Å². The number of amides is 2. The molecule has 34 heavy (non-hydrogen) atoms. The fourth-order valence-corrected chi connectivity index (χ4v) is 4.19. The van der Waals surface area contributed by atoms with E-state index in [0.29, 0.717) is 16.6 Å². The second kappa shape index (κ2) is 9.84. The number of hydrogen-bond acceptors (Lipinski definition) is 7. The Hall–Kier alpha value is -4.05. The average molecular weight is 477 g/mol. The standard InChI is InChI=1S/C24H24N6O3S/c1-14(25-16(3)31)17-8-10-18(11-9-17)21-13-34-24(26-21)27-23(32)22-15(2)30(29-28-22)19-6-5-7-20(12-19)33-4/h5-14H,1-4H3,(H,25,31)(H,26,27,32). The molecule has 10 heteroatoms. The number of nitrogens with zero attached hydrogens (tertiary/aromatic N) is 4. The highest BCUT2D eigenvalue weighted by molar-refractivity contribution is 7.14. The summed E-state index contributed by atoms with van der Waals surface area (Å²) in [5.41, 5.74) is 4.22. The van der Waals surface area contributed by atoms with Gasteiger partial charge in [0.25, 0.3) is 5.91 Å². The minimum atomic E-state index is -0.382. The number of carbonyl (C=O) groups excluding carboxylic acids is 2. The van der Waals surface area contributed by atoms with Gasteiger partial charge >= 0.3 is 0 Å². The van der Waals surface area contributed by atoms with E-state index in [2.05, 4.69) is 25.9 Å². The molecule has 2 N–H and O–H groups in total. The lowest BCUT2D eigenvalue weighted by atomic mass is 10.1. The Balaban J connectivity index is 1.47. The molecule has 2 heterocycles. The first-order valence-electron chi connectivity index (χ1n) is 10.6. The number of benzene rings is 2. The summed E-state index contributed by atoms with van der Waals surface area (Å²) in [6.45, 7) is 5.21. The number of rotatable bonds is 7. The molecule has 174 valence electrons. The Bertz CT molecular complexity index is 1330. The fourth-order valence-electron chi connectivity index (χ4n) is 3.48. The highest BCUT2D eigenvalue weighted by Gasteiger charge is 2.19. The van der Waals surface area contributed by atoms with Crippen molar-refractivity contribution in [1.82, 2.24) is 25.3 Å². The number of aromatic nitrogens is 4. The Labute approximate surface area is 200 Å². The van der Waals surface area contributed by atoms with Crippen molar-refractivity contribution in [1.29, 1.82) is 0 Å². The predicted molar refractivity (Wildman–Crippen MR) is 130 cm³/mol. The zero-order valence-electron chi connectivity index (χ0n) is 19.2. The molecule has 9 nitrogen and oxygen atoms in total. The van der Waals surface area contributed by atoms with Crippen LogP contribution in [0.1, 0.15) is 41.6 Å². The Kier molecular flexibility index (Phi) is 6.69. The molecule has 0 spiro atoms. The quantitative estimate of drug-likeness (QED) is 0.414. The molecule has 2 aromatic heterocycles. The van der Waals surface area contributed by atoms with Gasteiger partial charge in [0.2, 0.25) is 5.91 Å². The van der Waals surface area contributed by atoms with E-state index in [1.54, 1.807) is 18.7 Å². The number of ether oxygens (including phenoxy) is 1. The van der Waals surface area contributed by atoms with Crippen LogP contribution < -0.4 is 15.4 Å². The second-order valence-corrected chi connectivity index (χ2v) is 8.53. The fraction of sp³-hybridized carbons (Fsp3) is 0.208. The molecule has 2 amide bonds. The molecule has 2 aromatic carbocycles. The van der Waals surface area contributed by atoms with Crippen molar-refractivity contribution >= 4 is 28.3 Å². The molecule has 0 bridgehead atoms. The van der Waals surface area contributed by atoms with Crippen LogP contribution in [0, 0.1) is 6.92 Å². The van der Waals surface area contributed by atoms with Crippen molar-refractivity contribution in [2.24, 2.45) is 0 Å². The zero-order valence-corrected chi connectivity index (χ0v) is 20.0. The van der Waals surface area contributed by atoms with Crippen molar-refractivity contribution < 1.29 is 14.3 Å². The first-order chi connectivity index (χ1) is 16.4. The van der Waals surface area contributed by atoms with Crippen LogP contribution >= 0.6 is 11.3 Å². The zero-order chi connectivity index (χ0) is 24.2. The molecule has 0 fully saturated rings. The van der Waals surface area contributed by atoms with E-state index < -0.39 is 0 Å².